The number of hydrogen-bond donors (Lipinski definition) is 1. The number of carbonyl (C=O) groups is 1. The number of carbonyl (C=O) groups excluding carboxylic acids is 1. The molecule has 1 amide bonds. The van der Waals surface area contributed by atoms with E-state index in [0.29, 0.717) is 11.5 Å². The molecule has 2 saturated heterocycles. The molecule has 1 aromatic rings. The van der Waals surface area contributed by atoms with Gasteiger partial charge in [-0.1, -0.05) is 0 Å². The van der Waals surface area contributed by atoms with Crippen LogP contribution in [0.1, 0.15) is 37.7 Å². The second-order valence-corrected chi connectivity index (χ2v) is 8.39. The van der Waals surface area contributed by atoms with Crippen LogP contribution in [0.3, 0.4) is 0 Å². The second kappa shape index (κ2) is 7.74. The number of nitrogens with one attached hydrogen (secondary N) is 1. The molecule has 3 fully saturated rings. The average Bonchev–Trinajstić information content (AvgIpc) is 3.08. The van der Waals surface area contributed by atoms with Gasteiger partial charge in [-0.3, -0.25) is 4.79 Å². The van der Waals surface area contributed by atoms with Crippen LogP contribution in [0, 0.1) is 5.41 Å². The molecule has 5 nitrogen and oxygen atoms in total. The van der Waals surface area contributed by atoms with E-state index in [1.807, 2.05) is 0 Å². The van der Waals surface area contributed by atoms with E-state index in [0.717, 1.165) is 52.1 Å². The van der Waals surface area contributed by atoms with Gasteiger partial charge in [-0.2, -0.15) is 11.3 Å². The first kappa shape index (κ1) is 17.5. The van der Waals surface area contributed by atoms with Crippen LogP contribution in [-0.2, 0) is 20.8 Å². The van der Waals surface area contributed by atoms with Crippen LogP contribution >= 0.6 is 11.3 Å². The number of piperidine rings is 1. The van der Waals surface area contributed by atoms with Crippen molar-refractivity contribution >= 4 is 17.2 Å². The summed E-state index contributed by atoms with van der Waals surface area (Å²) in [7, 11) is 0. The summed E-state index contributed by atoms with van der Waals surface area (Å²) >= 11 is 1.70. The summed E-state index contributed by atoms with van der Waals surface area (Å²) in [6.45, 7) is 4.58. The van der Waals surface area contributed by atoms with E-state index < -0.39 is 0 Å². The van der Waals surface area contributed by atoms with Crippen molar-refractivity contribution in [2.75, 3.05) is 32.9 Å². The van der Waals surface area contributed by atoms with E-state index >= 15 is 0 Å². The monoisotopic (exact) mass is 364 g/mol. The van der Waals surface area contributed by atoms with Gasteiger partial charge in [0.05, 0.1) is 6.10 Å². The highest BCUT2D eigenvalue weighted by Gasteiger charge is 2.57. The molecule has 25 heavy (non-hydrogen) atoms. The topological polar surface area (TPSA) is 50.8 Å². The summed E-state index contributed by atoms with van der Waals surface area (Å²) < 4.78 is 11.3. The first-order chi connectivity index (χ1) is 12.3. The molecule has 1 atom stereocenters. The van der Waals surface area contributed by atoms with Crippen molar-refractivity contribution in [2.45, 2.75) is 50.8 Å². The fraction of sp³-hybridized carbons (Fsp3) is 0.737. The Morgan fingerprint density at radius 2 is 2.16 bits per heavy atom. The lowest BCUT2D eigenvalue weighted by Gasteiger charge is -2.30. The van der Waals surface area contributed by atoms with Gasteiger partial charge in [-0.15, -0.1) is 0 Å². The van der Waals surface area contributed by atoms with Gasteiger partial charge in [-0.05, 0) is 73.0 Å². The molecule has 2 aliphatic heterocycles. The number of nitrogens with zero attached hydrogens (tertiary/aromatic N) is 1. The first-order valence-electron chi connectivity index (χ1n) is 9.47. The Balaban J connectivity index is 1.39. The van der Waals surface area contributed by atoms with Gasteiger partial charge in [0.2, 0.25) is 5.91 Å². The van der Waals surface area contributed by atoms with Gasteiger partial charge in [0.1, 0.15) is 6.61 Å². The van der Waals surface area contributed by atoms with E-state index in [9.17, 15) is 4.79 Å². The molecule has 6 heteroatoms. The highest BCUT2D eigenvalue weighted by atomic mass is 32.1. The van der Waals surface area contributed by atoms with Crippen LogP contribution in [0.15, 0.2) is 16.8 Å². The Bertz CT molecular complexity index is 565. The Labute approximate surface area is 153 Å². The number of thiophene rings is 1. The van der Waals surface area contributed by atoms with Crippen molar-refractivity contribution in [3.05, 3.63) is 22.4 Å². The maximum atomic E-state index is 13.0. The van der Waals surface area contributed by atoms with Crippen LogP contribution in [-0.4, -0.2) is 55.9 Å². The van der Waals surface area contributed by atoms with Gasteiger partial charge in [0.25, 0.3) is 0 Å². The Morgan fingerprint density at radius 1 is 1.36 bits per heavy atom. The van der Waals surface area contributed by atoms with Crippen molar-refractivity contribution in [3.8, 4) is 0 Å². The number of rotatable bonds is 6. The molecular weight excluding hydrogens is 336 g/mol. The Morgan fingerprint density at radius 3 is 2.88 bits per heavy atom. The van der Waals surface area contributed by atoms with Crippen LogP contribution in [0.4, 0.5) is 0 Å². The third-order valence-electron chi connectivity index (χ3n) is 5.99. The normalized spacial score (nSPS) is 25.8. The van der Waals surface area contributed by atoms with Crippen molar-refractivity contribution in [1.82, 2.24) is 10.2 Å². The van der Waals surface area contributed by atoms with Crippen molar-refractivity contribution in [2.24, 2.45) is 5.41 Å². The van der Waals surface area contributed by atoms with Crippen LogP contribution in [0.2, 0.25) is 0 Å². The molecule has 1 aliphatic carbocycles. The van der Waals surface area contributed by atoms with Crippen LogP contribution < -0.4 is 5.32 Å². The molecule has 1 saturated carbocycles. The minimum Gasteiger partial charge on any atom is -0.381 e. The summed E-state index contributed by atoms with van der Waals surface area (Å²) in [5.41, 5.74) is 1.59. The Hall–Kier alpha value is -0.950. The molecule has 0 aromatic carbocycles. The first-order valence-corrected chi connectivity index (χ1v) is 10.4. The molecule has 1 N–H and O–H groups in total. The molecule has 3 heterocycles. The minimum atomic E-state index is 0.151. The number of hydrogen-bond acceptors (Lipinski definition) is 5. The molecule has 1 spiro atoms. The second-order valence-electron chi connectivity index (χ2n) is 7.61. The zero-order chi connectivity index (χ0) is 17.1. The van der Waals surface area contributed by atoms with Gasteiger partial charge >= 0.3 is 0 Å². The highest BCUT2D eigenvalue weighted by Crippen LogP contribution is 2.56. The molecule has 1 unspecified atom stereocenters. The predicted octanol–water partition coefficient (Wildman–Crippen LogP) is 2.41. The molecule has 3 aliphatic rings. The van der Waals surface area contributed by atoms with Crippen molar-refractivity contribution in [3.63, 3.8) is 0 Å². The third kappa shape index (κ3) is 4.08. The van der Waals surface area contributed by atoms with Crippen molar-refractivity contribution in [1.29, 1.82) is 0 Å². The largest absolute Gasteiger partial charge is 0.381 e. The maximum absolute atomic E-state index is 13.0. The summed E-state index contributed by atoms with van der Waals surface area (Å²) in [6.07, 6.45) is 5.50. The fourth-order valence-corrected chi connectivity index (χ4v) is 4.95. The van der Waals surface area contributed by atoms with E-state index in [1.54, 1.807) is 11.3 Å². The molecular formula is C19H28N2O3S. The van der Waals surface area contributed by atoms with Gasteiger partial charge < -0.3 is 19.7 Å². The quantitative estimate of drug-likeness (QED) is 0.842. The molecule has 0 radical (unpaired) electrons. The van der Waals surface area contributed by atoms with Crippen molar-refractivity contribution < 1.29 is 14.3 Å². The summed E-state index contributed by atoms with van der Waals surface area (Å²) in [4.78, 5) is 15.1. The summed E-state index contributed by atoms with van der Waals surface area (Å²) in [6, 6.07) is 2.52. The molecule has 0 bridgehead atoms. The standard InChI is InChI=1S/C19H28N2O3S/c22-18(13-24-16-1-8-23-9-2-16)21(12-15-3-10-25-14-15)17-11-19(17)4-6-20-7-5-19/h3,10,14,16-17,20H,1-2,4-9,11-13H2. The van der Waals surface area contributed by atoms with E-state index in [4.69, 9.17) is 9.47 Å². The lowest BCUT2D eigenvalue weighted by atomic mass is 9.93. The fourth-order valence-electron chi connectivity index (χ4n) is 4.30. The van der Waals surface area contributed by atoms with E-state index in [2.05, 4.69) is 27.0 Å². The number of ether oxygens (including phenoxy) is 2. The van der Waals surface area contributed by atoms with Gasteiger partial charge in [0, 0.05) is 25.8 Å². The highest BCUT2D eigenvalue weighted by molar-refractivity contribution is 7.07. The van der Waals surface area contributed by atoms with Crippen LogP contribution in [0.25, 0.3) is 0 Å². The predicted molar refractivity (Wildman–Crippen MR) is 97.6 cm³/mol. The molecule has 1 aromatic heterocycles. The average molecular weight is 365 g/mol. The van der Waals surface area contributed by atoms with Gasteiger partial charge in [0.15, 0.2) is 0 Å². The third-order valence-corrected chi connectivity index (χ3v) is 6.72. The molecule has 138 valence electrons. The van der Waals surface area contributed by atoms with Gasteiger partial charge in [-0.25, -0.2) is 0 Å². The SMILES string of the molecule is O=C(COC1CCOCC1)N(Cc1ccsc1)C1CC12CCNCC2. The molecule has 4 rings (SSSR count). The lowest BCUT2D eigenvalue weighted by Crippen LogP contribution is -2.41. The maximum Gasteiger partial charge on any atom is 0.249 e. The lowest BCUT2D eigenvalue weighted by molar-refractivity contribution is -0.142. The van der Waals surface area contributed by atoms with E-state index in [-0.39, 0.29) is 18.6 Å². The summed E-state index contributed by atoms with van der Waals surface area (Å²) in [5, 5.41) is 7.68. The Kier molecular flexibility index (Phi) is 5.41. The smallest absolute Gasteiger partial charge is 0.249 e. The zero-order valence-corrected chi connectivity index (χ0v) is 15.6. The van der Waals surface area contributed by atoms with E-state index in [1.165, 1.54) is 18.4 Å². The number of amides is 1. The zero-order valence-electron chi connectivity index (χ0n) is 14.7. The summed E-state index contributed by atoms with van der Waals surface area (Å²) in [5.74, 6) is 0.151. The minimum absolute atomic E-state index is 0.151. The van der Waals surface area contributed by atoms with Crippen LogP contribution in [0.5, 0.6) is 0 Å².